The molecule has 1 aromatic heterocycles. The van der Waals surface area contributed by atoms with Crippen LogP contribution in [0.2, 0.25) is 0 Å². The molecular formula is C39H42BrN5O7S. The van der Waals surface area contributed by atoms with Crippen LogP contribution in [0.25, 0.3) is 0 Å². The fourth-order valence-corrected chi connectivity index (χ4v) is 6.32. The van der Waals surface area contributed by atoms with Gasteiger partial charge in [0.15, 0.2) is 0 Å². The molecule has 4 atom stereocenters. The third-order valence-corrected chi connectivity index (χ3v) is 9.95. The molecule has 0 spiro atoms. The summed E-state index contributed by atoms with van der Waals surface area (Å²) in [6, 6.07) is 14.5. The Bertz CT molecular complexity index is 1840. The van der Waals surface area contributed by atoms with Crippen LogP contribution in [0.15, 0.2) is 107 Å². The number of thiophene rings is 1. The second-order valence-electron chi connectivity index (χ2n) is 12.4. The summed E-state index contributed by atoms with van der Waals surface area (Å²) < 4.78 is 0.725. The average Bonchev–Trinajstić information content (AvgIpc) is 3.65. The summed E-state index contributed by atoms with van der Waals surface area (Å²) in [4.78, 5) is 80.4. The summed E-state index contributed by atoms with van der Waals surface area (Å²) in [6.07, 6.45) is 4.58. The van der Waals surface area contributed by atoms with E-state index in [4.69, 9.17) is 0 Å². The quantitative estimate of drug-likeness (QED) is 0.183. The molecule has 14 heteroatoms. The van der Waals surface area contributed by atoms with Gasteiger partial charge in [0.05, 0.1) is 12.5 Å². The van der Waals surface area contributed by atoms with Crippen molar-refractivity contribution in [3.8, 4) is 0 Å². The van der Waals surface area contributed by atoms with E-state index in [1.54, 1.807) is 66.8 Å². The summed E-state index contributed by atoms with van der Waals surface area (Å²) in [5.74, 6) is -4.14. The second-order valence-corrected chi connectivity index (χ2v) is 14.4. The number of benzene rings is 2. The number of amides is 5. The predicted octanol–water partition coefficient (Wildman–Crippen LogP) is 4.33. The van der Waals surface area contributed by atoms with Crippen LogP contribution >= 0.6 is 27.3 Å². The molecule has 0 radical (unpaired) electrons. The van der Waals surface area contributed by atoms with Gasteiger partial charge in [-0.3, -0.25) is 24.0 Å². The van der Waals surface area contributed by atoms with E-state index >= 15 is 0 Å². The normalized spacial score (nSPS) is 21.3. The van der Waals surface area contributed by atoms with E-state index in [9.17, 15) is 33.9 Å². The largest absolute Gasteiger partial charge is 0.480 e. The van der Waals surface area contributed by atoms with Gasteiger partial charge in [-0.15, -0.1) is 11.3 Å². The molecule has 53 heavy (non-hydrogen) atoms. The van der Waals surface area contributed by atoms with Gasteiger partial charge in [-0.1, -0.05) is 83.2 Å². The molecule has 0 saturated heterocycles. The van der Waals surface area contributed by atoms with Crippen molar-refractivity contribution in [3.63, 3.8) is 0 Å². The molecule has 0 fully saturated rings. The number of anilines is 1. The first-order valence-electron chi connectivity index (χ1n) is 17.0. The second kappa shape index (κ2) is 20.0. The predicted molar refractivity (Wildman–Crippen MR) is 207 cm³/mol. The van der Waals surface area contributed by atoms with Crippen LogP contribution in [-0.2, 0) is 48.0 Å². The Labute approximate surface area is 320 Å². The summed E-state index contributed by atoms with van der Waals surface area (Å²) in [7, 11) is 0. The van der Waals surface area contributed by atoms with Crippen molar-refractivity contribution >= 4 is 68.5 Å². The molecule has 0 aliphatic carbocycles. The zero-order valence-electron chi connectivity index (χ0n) is 29.1. The standard InChI is InChI=1S/C39H42BrN5O7S/c1-3-27(40)14-11-24(2)30-23-36(48)43-31(20-25-8-5-4-6-9-25)37(49)45-33(39(51)52)21-26-12-15-28(16-13-26)41-34(46)17-18-35(47)42-32(38(50)44-30)22-29-10-7-19-53-29/h3-16,19,30-33H,2,17-18,20-23H2,1H3,(H,41,46)(H,42,47)(H,43,48)(H,44,50)(H,45,49)(H,51,52). The SMILES string of the molecule is C=C(C=CC(Br)=CC)C1CC(=O)NC(Cc2ccccc2)C(=O)NC(C(=O)O)Cc2ccc(cc2)NC(=O)CCC(=O)NC(Cc2cccs2)C(=O)N1. The van der Waals surface area contributed by atoms with Crippen LogP contribution in [-0.4, -0.2) is 64.8 Å². The molecule has 12 nitrogen and oxygen atoms in total. The van der Waals surface area contributed by atoms with E-state index in [1.165, 1.54) is 11.3 Å². The highest BCUT2D eigenvalue weighted by Gasteiger charge is 2.30. The van der Waals surface area contributed by atoms with Gasteiger partial charge in [-0.2, -0.15) is 0 Å². The first kappa shape index (κ1) is 40.4. The smallest absolute Gasteiger partial charge is 0.326 e. The maximum Gasteiger partial charge on any atom is 0.326 e. The maximum absolute atomic E-state index is 13.9. The first-order chi connectivity index (χ1) is 25.4. The van der Waals surface area contributed by atoms with E-state index in [0.717, 1.165) is 14.9 Å². The van der Waals surface area contributed by atoms with Gasteiger partial charge in [0.25, 0.3) is 0 Å². The number of carbonyl (C=O) groups excluding carboxylic acids is 5. The molecule has 4 unspecified atom stereocenters. The lowest BCUT2D eigenvalue weighted by Gasteiger charge is -2.26. The van der Waals surface area contributed by atoms with Crippen LogP contribution in [0, 0.1) is 0 Å². The number of aliphatic carboxylic acids is 1. The Morgan fingerprint density at radius 1 is 0.792 bits per heavy atom. The van der Waals surface area contributed by atoms with E-state index in [1.807, 2.05) is 30.5 Å². The Hall–Kier alpha value is -5.34. The Kier molecular flexibility index (Phi) is 15.3. The number of carbonyl (C=O) groups is 6. The highest BCUT2D eigenvalue weighted by molar-refractivity contribution is 9.11. The van der Waals surface area contributed by atoms with E-state index in [-0.39, 0.29) is 38.5 Å². The minimum Gasteiger partial charge on any atom is -0.480 e. The van der Waals surface area contributed by atoms with Gasteiger partial charge in [-0.25, -0.2) is 4.79 Å². The number of carboxylic acids is 1. The molecular weight excluding hydrogens is 762 g/mol. The number of carboxylic acid groups (broad SMARTS) is 1. The van der Waals surface area contributed by atoms with Crippen molar-refractivity contribution in [2.24, 2.45) is 0 Å². The topological polar surface area (TPSA) is 183 Å². The molecule has 3 aromatic rings. The van der Waals surface area contributed by atoms with E-state index in [2.05, 4.69) is 49.1 Å². The molecule has 5 amide bonds. The number of hydrogen-bond acceptors (Lipinski definition) is 7. The van der Waals surface area contributed by atoms with Crippen LogP contribution in [0.3, 0.4) is 0 Å². The van der Waals surface area contributed by atoms with Crippen LogP contribution in [0.1, 0.15) is 42.2 Å². The van der Waals surface area contributed by atoms with Crippen LogP contribution in [0.5, 0.6) is 0 Å². The third kappa shape index (κ3) is 13.3. The van der Waals surface area contributed by atoms with Gasteiger partial charge in [0.1, 0.15) is 18.1 Å². The lowest BCUT2D eigenvalue weighted by Crippen LogP contribution is -2.54. The minimum absolute atomic E-state index is 0.0557. The lowest BCUT2D eigenvalue weighted by atomic mass is 10.0. The van der Waals surface area contributed by atoms with Crippen molar-refractivity contribution in [2.45, 2.75) is 69.6 Å². The van der Waals surface area contributed by atoms with Gasteiger partial charge in [-0.05, 0) is 53.3 Å². The fourth-order valence-electron chi connectivity index (χ4n) is 5.43. The van der Waals surface area contributed by atoms with Crippen LogP contribution < -0.4 is 26.6 Å². The number of allylic oxidation sites excluding steroid dienone is 3. The van der Waals surface area contributed by atoms with Crippen molar-refractivity contribution in [3.05, 3.63) is 123 Å². The zero-order valence-corrected chi connectivity index (χ0v) is 31.5. The van der Waals surface area contributed by atoms with E-state index < -0.39 is 59.7 Å². The third-order valence-electron chi connectivity index (χ3n) is 8.33. The molecule has 6 N–H and O–H groups in total. The van der Waals surface area contributed by atoms with Crippen molar-refractivity contribution < 1.29 is 33.9 Å². The summed E-state index contributed by atoms with van der Waals surface area (Å²) in [5.41, 5.74) is 2.09. The Morgan fingerprint density at radius 3 is 2.08 bits per heavy atom. The van der Waals surface area contributed by atoms with Crippen LogP contribution in [0.4, 0.5) is 5.69 Å². The monoisotopic (exact) mass is 803 g/mol. The van der Waals surface area contributed by atoms with Crippen molar-refractivity contribution in [1.82, 2.24) is 21.3 Å². The number of fused-ring (bicyclic) bond motifs is 19. The Balaban J connectivity index is 1.69. The number of halogens is 1. The highest BCUT2D eigenvalue weighted by atomic mass is 79.9. The summed E-state index contributed by atoms with van der Waals surface area (Å²) in [6.45, 7) is 5.92. The molecule has 3 heterocycles. The molecule has 2 aliphatic heterocycles. The zero-order chi connectivity index (χ0) is 38.3. The number of rotatable bonds is 8. The maximum atomic E-state index is 13.9. The average molecular weight is 805 g/mol. The molecule has 2 aliphatic rings. The van der Waals surface area contributed by atoms with Gasteiger partial charge >= 0.3 is 5.97 Å². The van der Waals surface area contributed by atoms with Gasteiger partial charge < -0.3 is 31.7 Å². The van der Waals surface area contributed by atoms with Gasteiger partial charge in [0, 0.05) is 47.2 Å². The van der Waals surface area contributed by atoms with E-state index in [0.29, 0.717) is 16.8 Å². The van der Waals surface area contributed by atoms with Crippen molar-refractivity contribution in [2.75, 3.05) is 5.32 Å². The van der Waals surface area contributed by atoms with Crippen molar-refractivity contribution in [1.29, 1.82) is 0 Å². The minimum atomic E-state index is -1.34. The molecule has 2 aromatic carbocycles. The molecule has 2 bridgehead atoms. The summed E-state index contributed by atoms with van der Waals surface area (Å²) >= 11 is 4.82. The number of hydrogen-bond donors (Lipinski definition) is 6. The number of nitrogens with one attached hydrogen (secondary N) is 5. The Morgan fingerprint density at radius 2 is 1.43 bits per heavy atom. The molecule has 5 rings (SSSR count). The lowest BCUT2D eigenvalue weighted by molar-refractivity contribution is -0.142. The first-order valence-corrected chi connectivity index (χ1v) is 18.6. The highest BCUT2D eigenvalue weighted by Crippen LogP contribution is 2.17. The molecule has 278 valence electrons. The van der Waals surface area contributed by atoms with Gasteiger partial charge in [0.2, 0.25) is 29.5 Å². The summed E-state index contributed by atoms with van der Waals surface area (Å²) in [5, 5.41) is 25.5. The fraction of sp³-hybridized carbons (Fsp3) is 0.282. The molecule has 0 saturated carbocycles.